The summed E-state index contributed by atoms with van der Waals surface area (Å²) in [5.74, 6) is -1.02. The molecule has 0 saturated heterocycles. The van der Waals surface area contributed by atoms with Gasteiger partial charge in [0.25, 0.3) is 0 Å². The van der Waals surface area contributed by atoms with Crippen LogP contribution in [0.25, 0.3) is 0 Å². The summed E-state index contributed by atoms with van der Waals surface area (Å²) in [6.07, 6.45) is 0. The number of hydrogen-bond acceptors (Lipinski definition) is 2. The van der Waals surface area contributed by atoms with Crippen molar-refractivity contribution < 1.29 is 13.9 Å². The van der Waals surface area contributed by atoms with E-state index in [4.69, 9.17) is 11.6 Å². The first-order chi connectivity index (χ1) is 9.13. The van der Waals surface area contributed by atoms with Gasteiger partial charge < -0.3 is 10.4 Å². The number of rotatable bonds is 4. The van der Waals surface area contributed by atoms with E-state index in [1.165, 1.54) is 30.3 Å². The summed E-state index contributed by atoms with van der Waals surface area (Å²) in [5, 5.41) is 12.3. The average Bonchev–Trinajstić information content (AvgIpc) is 2.39. The van der Waals surface area contributed by atoms with Crippen LogP contribution in [0, 0.1) is 11.6 Å². The van der Waals surface area contributed by atoms with Crippen molar-refractivity contribution in [3.05, 3.63) is 64.7 Å². The molecule has 2 rings (SSSR count). The topological polar surface area (TPSA) is 32.3 Å². The Balaban J connectivity index is 2.34. The van der Waals surface area contributed by atoms with E-state index in [-0.39, 0.29) is 16.3 Å². The SMILES string of the molecule is OCC(Nc1ccccc1F)c1c(F)cccc1Cl. The van der Waals surface area contributed by atoms with Gasteiger partial charge in [0.2, 0.25) is 0 Å². The lowest BCUT2D eigenvalue weighted by Crippen LogP contribution is -2.17. The van der Waals surface area contributed by atoms with Gasteiger partial charge in [0, 0.05) is 10.6 Å². The first-order valence-corrected chi connectivity index (χ1v) is 6.07. The Bertz CT molecular complexity index is 557. The lowest BCUT2D eigenvalue weighted by atomic mass is 10.1. The molecular weight excluding hydrogens is 272 g/mol. The molecule has 1 unspecified atom stereocenters. The van der Waals surface area contributed by atoms with Crippen molar-refractivity contribution in [2.24, 2.45) is 0 Å². The summed E-state index contributed by atoms with van der Waals surface area (Å²) < 4.78 is 27.3. The molecule has 0 saturated carbocycles. The fraction of sp³-hybridized carbons (Fsp3) is 0.143. The van der Waals surface area contributed by atoms with E-state index in [2.05, 4.69) is 5.32 Å². The van der Waals surface area contributed by atoms with E-state index >= 15 is 0 Å². The van der Waals surface area contributed by atoms with E-state index in [0.29, 0.717) is 0 Å². The summed E-state index contributed by atoms with van der Waals surface area (Å²) in [4.78, 5) is 0. The zero-order valence-electron chi connectivity index (χ0n) is 9.91. The maximum Gasteiger partial charge on any atom is 0.146 e. The van der Waals surface area contributed by atoms with Gasteiger partial charge in [0.15, 0.2) is 0 Å². The Morgan fingerprint density at radius 1 is 1.05 bits per heavy atom. The van der Waals surface area contributed by atoms with Gasteiger partial charge in [-0.3, -0.25) is 0 Å². The molecular formula is C14H12ClF2NO. The molecule has 1 atom stereocenters. The molecule has 2 aromatic carbocycles. The maximum atomic E-state index is 13.8. The highest BCUT2D eigenvalue weighted by molar-refractivity contribution is 6.31. The van der Waals surface area contributed by atoms with Crippen molar-refractivity contribution in [1.29, 1.82) is 0 Å². The zero-order valence-corrected chi connectivity index (χ0v) is 10.7. The molecule has 0 aromatic heterocycles. The molecule has 5 heteroatoms. The van der Waals surface area contributed by atoms with Crippen LogP contribution in [-0.4, -0.2) is 11.7 Å². The quantitative estimate of drug-likeness (QED) is 0.895. The van der Waals surface area contributed by atoms with Gasteiger partial charge in [-0.05, 0) is 24.3 Å². The average molecular weight is 284 g/mol. The van der Waals surface area contributed by atoms with E-state index in [0.717, 1.165) is 0 Å². The van der Waals surface area contributed by atoms with Crippen LogP contribution in [0.3, 0.4) is 0 Å². The summed E-state index contributed by atoms with van der Waals surface area (Å²) >= 11 is 5.92. The lowest BCUT2D eigenvalue weighted by molar-refractivity contribution is 0.273. The number of hydrogen-bond donors (Lipinski definition) is 2. The molecule has 0 spiro atoms. The monoisotopic (exact) mass is 283 g/mol. The molecule has 0 aliphatic rings. The number of aliphatic hydroxyl groups excluding tert-OH is 1. The van der Waals surface area contributed by atoms with Crippen molar-refractivity contribution >= 4 is 17.3 Å². The third-order valence-electron chi connectivity index (χ3n) is 2.73. The van der Waals surface area contributed by atoms with Gasteiger partial charge in [0.05, 0.1) is 18.3 Å². The standard InChI is InChI=1S/C14H12ClF2NO/c15-9-4-3-6-11(17)14(9)13(8-19)18-12-7-2-1-5-10(12)16/h1-7,13,18-19H,8H2. The fourth-order valence-electron chi connectivity index (χ4n) is 1.82. The van der Waals surface area contributed by atoms with E-state index in [1.807, 2.05) is 0 Å². The van der Waals surface area contributed by atoms with Gasteiger partial charge in [-0.15, -0.1) is 0 Å². The summed E-state index contributed by atoms with van der Waals surface area (Å²) in [6.45, 7) is -0.408. The molecule has 100 valence electrons. The smallest absolute Gasteiger partial charge is 0.146 e. The Kier molecular flexibility index (Phi) is 4.35. The molecule has 2 N–H and O–H groups in total. The minimum atomic E-state index is -0.814. The highest BCUT2D eigenvalue weighted by Crippen LogP contribution is 2.29. The zero-order chi connectivity index (χ0) is 13.8. The highest BCUT2D eigenvalue weighted by atomic mass is 35.5. The molecule has 19 heavy (non-hydrogen) atoms. The third kappa shape index (κ3) is 3.03. The molecule has 0 aliphatic heterocycles. The molecule has 0 amide bonds. The number of para-hydroxylation sites is 1. The second-order valence-electron chi connectivity index (χ2n) is 3.99. The Morgan fingerprint density at radius 2 is 1.74 bits per heavy atom. The van der Waals surface area contributed by atoms with Crippen LogP contribution >= 0.6 is 11.6 Å². The molecule has 0 radical (unpaired) electrons. The minimum absolute atomic E-state index is 0.120. The van der Waals surface area contributed by atoms with Crippen molar-refractivity contribution in [3.63, 3.8) is 0 Å². The van der Waals surface area contributed by atoms with E-state index in [1.54, 1.807) is 12.1 Å². The lowest BCUT2D eigenvalue weighted by Gasteiger charge is -2.20. The van der Waals surface area contributed by atoms with Gasteiger partial charge in [-0.1, -0.05) is 29.8 Å². The van der Waals surface area contributed by atoms with Crippen LogP contribution in [0.2, 0.25) is 5.02 Å². The van der Waals surface area contributed by atoms with Crippen molar-refractivity contribution in [3.8, 4) is 0 Å². The third-order valence-corrected chi connectivity index (χ3v) is 3.06. The summed E-state index contributed by atoms with van der Waals surface area (Å²) in [6, 6.07) is 9.39. The molecule has 0 bridgehead atoms. The van der Waals surface area contributed by atoms with E-state index < -0.39 is 24.3 Å². The summed E-state index contributed by atoms with van der Waals surface area (Å²) in [5.41, 5.74) is 0.302. The Hall–Kier alpha value is -1.65. The van der Waals surface area contributed by atoms with Crippen LogP contribution in [0.15, 0.2) is 42.5 Å². The molecule has 0 fully saturated rings. The van der Waals surface area contributed by atoms with Gasteiger partial charge in [-0.2, -0.15) is 0 Å². The number of halogens is 3. The van der Waals surface area contributed by atoms with Crippen LogP contribution in [0.1, 0.15) is 11.6 Å². The number of anilines is 1. The predicted octanol–water partition coefficient (Wildman–Crippen LogP) is 3.76. The molecule has 0 aliphatic carbocycles. The highest BCUT2D eigenvalue weighted by Gasteiger charge is 2.19. The fourth-order valence-corrected chi connectivity index (χ4v) is 2.11. The van der Waals surface area contributed by atoms with Crippen LogP contribution in [-0.2, 0) is 0 Å². The second kappa shape index (κ2) is 5.99. The number of nitrogens with one attached hydrogen (secondary N) is 1. The van der Waals surface area contributed by atoms with Crippen LogP contribution in [0.5, 0.6) is 0 Å². The first-order valence-electron chi connectivity index (χ1n) is 5.69. The van der Waals surface area contributed by atoms with Gasteiger partial charge >= 0.3 is 0 Å². The van der Waals surface area contributed by atoms with Crippen molar-refractivity contribution in [1.82, 2.24) is 0 Å². The first kappa shape index (κ1) is 13.8. The normalized spacial score (nSPS) is 12.2. The molecule has 2 nitrogen and oxygen atoms in total. The van der Waals surface area contributed by atoms with Crippen molar-refractivity contribution in [2.45, 2.75) is 6.04 Å². The van der Waals surface area contributed by atoms with Crippen molar-refractivity contribution in [2.75, 3.05) is 11.9 Å². The predicted molar refractivity (Wildman–Crippen MR) is 71.3 cm³/mol. The summed E-state index contributed by atoms with van der Waals surface area (Å²) in [7, 11) is 0. The van der Waals surface area contributed by atoms with Gasteiger partial charge in [-0.25, -0.2) is 8.78 Å². The second-order valence-corrected chi connectivity index (χ2v) is 4.40. The minimum Gasteiger partial charge on any atom is -0.394 e. The molecule has 2 aromatic rings. The molecule has 0 heterocycles. The van der Waals surface area contributed by atoms with Crippen LogP contribution in [0.4, 0.5) is 14.5 Å². The number of benzene rings is 2. The number of aliphatic hydroxyl groups is 1. The van der Waals surface area contributed by atoms with Crippen LogP contribution < -0.4 is 5.32 Å². The largest absolute Gasteiger partial charge is 0.394 e. The Labute approximate surface area is 114 Å². The Morgan fingerprint density at radius 3 is 2.37 bits per heavy atom. The van der Waals surface area contributed by atoms with Gasteiger partial charge in [0.1, 0.15) is 11.6 Å². The maximum absolute atomic E-state index is 13.8. The van der Waals surface area contributed by atoms with E-state index in [9.17, 15) is 13.9 Å².